The first kappa shape index (κ1) is 22.5. The SMILES string of the molecule is COc1ccc(C(=O)OCC(=O)N[C@H](C)c2ccc3c(c2)CCCC3)c(OC)c1OC. The highest BCUT2D eigenvalue weighted by Gasteiger charge is 2.23. The lowest BCUT2D eigenvalue weighted by molar-refractivity contribution is -0.124. The second-order valence-electron chi connectivity index (χ2n) is 7.48. The molecule has 0 aromatic heterocycles. The van der Waals surface area contributed by atoms with Crippen molar-refractivity contribution in [3.8, 4) is 17.2 Å². The molecule has 0 aliphatic heterocycles. The van der Waals surface area contributed by atoms with E-state index in [0.717, 1.165) is 18.4 Å². The number of hydrogen-bond donors (Lipinski definition) is 1. The van der Waals surface area contributed by atoms with Crippen LogP contribution in [0.25, 0.3) is 0 Å². The third-order valence-electron chi connectivity index (χ3n) is 5.51. The molecule has 1 N–H and O–H groups in total. The van der Waals surface area contributed by atoms with E-state index >= 15 is 0 Å². The van der Waals surface area contributed by atoms with Gasteiger partial charge >= 0.3 is 5.97 Å². The second kappa shape index (κ2) is 10.2. The predicted octanol–water partition coefficient (Wildman–Crippen LogP) is 3.63. The number of ether oxygens (including phenoxy) is 4. The van der Waals surface area contributed by atoms with E-state index in [1.54, 1.807) is 6.07 Å². The Morgan fingerprint density at radius 3 is 2.32 bits per heavy atom. The summed E-state index contributed by atoms with van der Waals surface area (Å²) >= 11 is 0. The number of aryl methyl sites for hydroxylation is 2. The average Bonchev–Trinajstić information content (AvgIpc) is 2.80. The molecule has 0 bridgehead atoms. The lowest BCUT2D eigenvalue weighted by atomic mass is 9.89. The highest BCUT2D eigenvalue weighted by molar-refractivity contribution is 5.95. The minimum Gasteiger partial charge on any atom is -0.493 e. The van der Waals surface area contributed by atoms with E-state index in [1.165, 1.54) is 51.4 Å². The van der Waals surface area contributed by atoms with E-state index < -0.39 is 12.6 Å². The van der Waals surface area contributed by atoms with E-state index in [9.17, 15) is 9.59 Å². The van der Waals surface area contributed by atoms with Crippen LogP contribution in [0.1, 0.15) is 52.9 Å². The van der Waals surface area contributed by atoms with E-state index in [4.69, 9.17) is 18.9 Å². The van der Waals surface area contributed by atoms with Crippen molar-refractivity contribution in [3.05, 3.63) is 52.6 Å². The summed E-state index contributed by atoms with van der Waals surface area (Å²) in [5.41, 5.74) is 3.95. The normalized spacial score (nSPS) is 13.5. The van der Waals surface area contributed by atoms with E-state index in [1.807, 2.05) is 6.92 Å². The molecule has 1 amide bonds. The summed E-state index contributed by atoms with van der Waals surface area (Å²) in [6.45, 7) is 1.52. The summed E-state index contributed by atoms with van der Waals surface area (Å²) < 4.78 is 21.0. The number of nitrogens with one attached hydrogen (secondary N) is 1. The first-order chi connectivity index (χ1) is 15.0. The zero-order chi connectivity index (χ0) is 22.4. The molecule has 0 fully saturated rings. The van der Waals surface area contributed by atoms with Crippen molar-refractivity contribution >= 4 is 11.9 Å². The van der Waals surface area contributed by atoms with Crippen LogP contribution in [0, 0.1) is 0 Å². The van der Waals surface area contributed by atoms with Crippen molar-refractivity contribution in [2.45, 2.75) is 38.6 Å². The molecule has 0 spiro atoms. The fraction of sp³-hybridized carbons (Fsp3) is 0.417. The number of esters is 1. The van der Waals surface area contributed by atoms with E-state index in [0.29, 0.717) is 5.75 Å². The van der Waals surface area contributed by atoms with Crippen LogP contribution < -0.4 is 19.5 Å². The minimum atomic E-state index is -0.686. The van der Waals surface area contributed by atoms with Crippen LogP contribution in [0.5, 0.6) is 17.2 Å². The number of rotatable bonds is 8. The fourth-order valence-electron chi connectivity index (χ4n) is 3.86. The van der Waals surface area contributed by atoms with E-state index in [-0.39, 0.29) is 29.0 Å². The van der Waals surface area contributed by atoms with Gasteiger partial charge in [-0.25, -0.2) is 4.79 Å². The summed E-state index contributed by atoms with van der Waals surface area (Å²) in [5.74, 6) is -0.167. The van der Waals surface area contributed by atoms with Gasteiger partial charge in [0.15, 0.2) is 18.1 Å². The van der Waals surface area contributed by atoms with Gasteiger partial charge in [0.2, 0.25) is 5.75 Å². The zero-order valence-electron chi connectivity index (χ0n) is 18.4. The molecule has 0 heterocycles. The summed E-state index contributed by atoms with van der Waals surface area (Å²) in [4.78, 5) is 24.9. The van der Waals surface area contributed by atoms with Crippen LogP contribution in [0.15, 0.2) is 30.3 Å². The van der Waals surface area contributed by atoms with E-state index in [2.05, 4.69) is 23.5 Å². The zero-order valence-corrected chi connectivity index (χ0v) is 18.4. The first-order valence-electron chi connectivity index (χ1n) is 10.4. The average molecular weight is 427 g/mol. The van der Waals surface area contributed by atoms with Crippen molar-refractivity contribution in [1.29, 1.82) is 0 Å². The molecule has 0 radical (unpaired) electrons. The summed E-state index contributed by atoms with van der Waals surface area (Å²) in [7, 11) is 4.36. The highest BCUT2D eigenvalue weighted by atomic mass is 16.5. The molecule has 1 aliphatic carbocycles. The second-order valence-corrected chi connectivity index (χ2v) is 7.48. The molecular weight excluding hydrogens is 398 g/mol. The highest BCUT2D eigenvalue weighted by Crippen LogP contribution is 2.39. The lowest BCUT2D eigenvalue weighted by Crippen LogP contribution is -2.31. The third-order valence-corrected chi connectivity index (χ3v) is 5.51. The van der Waals surface area contributed by atoms with Gasteiger partial charge in [0.25, 0.3) is 5.91 Å². The van der Waals surface area contributed by atoms with Crippen molar-refractivity contribution in [1.82, 2.24) is 5.32 Å². The van der Waals surface area contributed by atoms with Gasteiger partial charge in [0, 0.05) is 0 Å². The Balaban J connectivity index is 1.61. The van der Waals surface area contributed by atoms with Crippen LogP contribution >= 0.6 is 0 Å². The Labute approximate surface area is 182 Å². The van der Waals surface area contributed by atoms with Gasteiger partial charge in [0.05, 0.1) is 27.4 Å². The Hall–Kier alpha value is -3.22. The maximum Gasteiger partial charge on any atom is 0.342 e. The maximum atomic E-state index is 12.5. The van der Waals surface area contributed by atoms with Gasteiger partial charge in [-0.05, 0) is 61.4 Å². The van der Waals surface area contributed by atoms with Crippen molar-refractivity contribution in [3.63, 3.8) is 0 Å². The van der Waals surface area contributed by atoms with Gasteiger partial charge in [-0.15, -0.1) is 0 Å². The lowest BCUT2D eigenvalue weighted by Gasteiger charge is -2.20. The number of methoxy groups -OCH3 is 3. The van der Waals surface area contributed by atoms with Crippen LogP contribution in [-0.2, 0) is 22.4 Å². The molecule has 1 atom stereocenters. The van der Waals surface area contributed by atoms with Crippen molar-refractivity contribution in [2.24, 2.45) is 0 Å². The Morgan fingerprint density at radius 1 is 0.935 bits per heavy atom. The van der Waals surface area contributed by atoms with Crippen molar-refractivity contribution < 1.29 is 28.5 Å². The largest absolute Gasteiger partial charge is 0.493 e. The molecule has 166 valence electrons. The Kier molecular flexibility index (Phi) is 7.39. The molecule has 0 unspecified atom stereocenters. The minimum absolute atomic E-state index is 0.149. The molecule has 0 saturated heterocycles. The standard InChI is InChI=1S/C24H29NO6/c1-15(17-10-9-16-7-5-6-8-18(16)13-17)25-21(26)14-31-24(27)19-11-12-20(28-2)23(30-4)22(19)29-3/h9-13,15H,5-8,14H2,1-4H3,(H,25,26)/t15-/m1/s1. The van der Waals surface area contributed by atoms with Gasteiger partial charge in [0.1, 0.15) is 5.56 Å². The third kappa shape index (κ3) is 5.10. The molecule has 3 rings (SSSR count). The number of carbonyl (C=O) groups excluding carboxylic acids is 2. The summed E-state index contributed by atoms with van der Waals surface area (Å²) in [5, 5.41) is 2.89. The quantitative estimate of drug-likeness (QED) is 0.648. The number of fused-ring (bicyclic) bond motifs is 1. The van der Waals surface area contributed by atoms with Crippen molar-refractivity contribution in [2.75, 3.05) is 27.9 Å². The van der Waals surface area contributed by atoms with Gasteiger partial charge in [-0.3, -0.25) is 4.79 Å². The summed E-state index contributed by atoms with van der Waals surface area (Å²) in [6.07, 6.45) is 4.63. The molecule has 0 saturated carbocycles. The Morgan fingerprint density at radius 2 is 1.65 bits per heavy atom. The molecule has 2 aromatic rings. The smallest absolute Gasteiger partial charge is 0.342 e. The molecule has 2 aromatic carbocycles. The fourth-order valence-corrected chi connectivity index (χ4v) is 3.86. The number of benzene rings is 2. The van der Waals surface area contributed by atoms with Gasteiger partial charge in [-0.1, -0.05) is 18.2 Å². The van der Waals surface area contributed by atoms with Crippen LogP contribution in [0.4, 0.5) is 0 Å². The van der Waals surface area contributed by atoms with Crippen LogP contribution in [-0.4, -0.2) is 39.8 Å². The van der Waals surface area contributed by atoms with Crippen LogP contribution in [0.2, 0.25) is 0 Å². The van der Waals surface area contributed by atoms with Gasteiger partial charge in [-0.2, -0.15) is 0 Å². The molecule has 1 aliphatic rings. The molecule has 7 heteroatoms. The van der Waals surface area contributed by atoms with Gasteiger partial charge < -0.3 is 24.3 Å². The summed E-state index contributed by atoms with van der Waals surface area (Å²) in [6, 6.07) is 9.27. The number of hydrogen-bond acceptors (Lipinski definition) is 6. The topological polar surface area (TPSA) is 83.1 Å². The molecule has 7 nitrogen and oxygen atoms in total. The Bertz CT molecular complexity index is 955. The molecular formula is C24H29NO6. The number of amides is 1. The monoisotopic (exact) mass is 427 g/mol. The predicted molar refractivity (Wildman–Crippen MR) is 116 cm³/mol. The first-order valence-corrected chi connectivity index (χ1v) is 10.4. The molecule has 31 heavy (non-hydrogen) atoms. The number of carbonyl (C=O) groups is 2. The maximum absolute atomic E-state index is 12.5. The van der Waals surface area contributed by atoms with Crippen LogP contribution in [0.3, 0.4) is 0 Å².